The predicted molar refractivity (Wildman–Crippen MR) is 73.7 cm³/mol. The molecule has 0 aliphatic carbocycles. The Labute approximate surface area is 108 Å². The Hall–Kier alpha value is -1.10. The van der Waals surface area contributed by atoms with Gasteiger partial charge in [-0.15, -0.1) is 0 Å². The van der Waals surface area contributed by atoms with Crippen LogP contribution in [0.1, 0.15) is 11.1 Å². The summed E-state index contributed by atoms with van der Waals surface area (Å²) in [5, 5.41) is 0. The van der Waals surface area contributed by atoms with E-state index in [1.165, 1.54) is 3.57 Å². The first-order chi connectivity index (χ1) is 7.65. The second-order valence-corrected chi connectivity index (χ2v) is 5.05. The van der Waals surface area contributed by atoms with Crippen LogP contribution in [0.3, 0.4) is 0 Å². The normalized spacial score (nSPS) is 10.4. The highest BCUT2D eigenvalue weighted by molar-refractivity contribution is 14.1. The van der Waals surface area contributed by atoms with Crippen LogP contribution < -0.4 is 5.56 Å². The van der Waals surface area contributed by atoms with Crippen molar-refractivity contribution in [2.24, 2.45) is 0 Å². The van der Waals surface area contributed by atoms with Crippen molar-refractivity contribution in [1.82, 2.24) is 4.57 Å². The maximum Gasteiger partial charge on any atom is 0.251 e. The molecule has 0 fully saturated rings. The van der Waals surface area contributed by atoms with Gasteiger partial charge in [0, 0.05) is 15.8 Å². The molecule has 1 aromatic heterocycles. The molecule has 0 unspecified atom stereocenters. The first-order valence-corrected chi connectivity index (χ1v) is 6.14. The summed E-state index contributed by atoms with van der Waals surface area (Å²) in [5.74, 6) is 0. The van der Waals surface area contributed by atoms with Gasteiger partial charge in [-0.1, -0.05) is 12.1 Å². The molecule has 1 aromatic carbocycles. The van der Waals surface area contributed by atoms with Crippen molar-refractivity contribution in [3.63, 3.8) is 0 Å². The molecule has 0 spiro atoms. The van der Waals surface area contributed by atoms with Crippen molar-refractivity contribution in [3.8, 4) is 0 Å². The third kappa shape index (κ3) is 2.72. The van der Waals surface area contributed by atoms with Gasteiger partial charge in [-0.2, -0.15) is 0 Å². The van der Waals surface area contributed by atoms with Gasteiger partial charge in [-0.3, -0.25) is 4.79 Å². The van der Waals surface area contributed by atoms with Crippen molar-refractivity contribution < 1.29 is 0 Å². The molecule has 1 heterocycles. The van der Waals surface area contributed by atoms with E-state index in [-0.39, 0.29) is 5.56 Å². The van der Waals surface area contributed by atoms with Crippen molar-refractivity contribution >= 4 is 22.6 Å². The van der Waals surface area contributed by atoms with Gasteiger partial charge in [0.25, 0.3) is 5.56 Å². The van der Waals surface area contributed by atoms with Crippen LogP contribution >= 0.6 is 22.6 Å². The Bertz CT molecular complexity index is 560. The maximum atomic E-state index is 11.7. The Kier molecular flexibility index (Phi) is 3.43. The largest absolute Gasteiger partial charge is 0.311 e. The molecule has 0 aliphatic rings. The average molecular weight is 325 g/mol. The number of rotatable bonds is 2. The molecule has 0 aliphatic heterocycles. The molecule has 82 valence electrons. The number of nitrogens with zero attached hydrogens (tertiary/aromatic N) is 1. The summed E-state index contributed by atoms with van der Waals surface area (Å²) in [4.78, 5) is 11.7. The van der Waals surface area contributed by atoms with Crippen LogP contribution in [-0.2, 0) is 6.54 Å². The topological polar surface area (TPSA) is 22.0 Å². The number of pyridine rings is 1. The zero-order valence-electron chi connectivity index (χ0n) is 8.98. The van der Waals surface area contributed by atoms with Gasteiger partial charge in [0.2, 0.25) is 0 Å². The predicted octanol–water partition coefficient (Wildman–Crippen LogP) is 2.81. The summed E-state index contributed by atoms with van der Waals surface area (Å²) in [6.07, 6.45) is 1.84. The average Bonchev–Trinajstić information content (AvgIpc) is 2.22. The molecule has 2 rings (SSSR count). The standard InChI is InChI=1S/C13H12INO/c1-10-5-6-15(13(16)7-10)9-11-3-2-4-12(14)8-11/h2-8H,9H2,1H3. The monoisotopic (exact) mass is 325 g/mol. The lowest BCUT2D eigenvalue weighted by Gasteiger charge is -2.06. The van der Waals surface area contributed by atoms with Gasteiger partial charge in [-0.25, -0.2) is 0 Å². The van der Waals surface area contributed by atoms with Gasteiger partial charge in [0.1, 0.15) is 0 Å². The van der Waals surface area contributed by atoms with E-state index >= 15 is 0 Å². The highest BCUT2D eigenvalue weighted by Crippen LogP contribution is 2.08. The minimum Gasteiger partial charge on any atom is -0.311 e. The molecule has 0 atom stereocenters. The Morgan fingerprint density at radius 1 is 1.25 bits per heavy atom. The second kappa shape index (κ2) is 4.82. The third-order valence-corrected chi connectivity index (χ3v) is 3.06. The molecule has 0 bridgehead atoms. The van der Waals surface area contributed by atoms with Crippen LogP contribution in [0.4, 0.5) is 0 Å². The number of benzene rings is 1. The van der Waals surface area contributed by atoms with Crippen molar-refractivity contribution in [3.05, 3.63) is 67.6 Å². The van der Waals surface area contributed by atoms with Gasteiger partial charge in [0.05, 0.1) is 6.54 Å². The maximum absolute atomic E-state index is 11.7. The van der Waals surface area contributed by atoms with E-state index in [1.54, 1.807) is 10.6 Å². The van der Waals surface area contributed by atoms with Gasteiger partial charge < -0.3 is 4.57 Å². The SMILES string of the molecule is Cc1ccn(Cc2cccc(I)c2)c(=O)c1. The van der Waals surface area contributed by atoms with E-state index in [2.05, 4.69) is 28.7 Å². The van der Waals surface area contributed by atoms with Crippen LogP contribution in [0.2, 0.25) is 0 Å². The molecule has 3 heteroatoms. The highest BCUT2D eigenvalue weighted by atomic mass is 127. The number of hydrogen-bond acceptors (Lipinski definition) is 1. The Balaban J connectivity index is 2.31. The fourth-order valence-electron chi connectivity index (χ4n) is 1.57. The van der Waals surface area contributed by atoms with Crippen molar-refractivity contribution in [2.75, 3.05) is 0 Å². The fourth-order valence-corrected chi connectivity index (χ4v) is 2.18. The van der Waals surface area contributed by atoms with Crippen LogP contribution in [0.25, 0.3) is 0 Å². The zero-order chi connectivity index (χ0) is 11.5. The quantitative estimate of drug-likeness (QED) is 0.779. The third-order valence-electron chi connectivity index (χ3n) is 2.39. The molecular weight excluding hydrogens is 313 g/mol. The van der Waals surface area contributed by atoms with E-state index in [4.69, 9.17) is 0 Å². The van der Waals surface area contributed by atoms with Crippen molar-refractivity contribution in [1.29, 1.82) is 0 Å². The molecule has 0 N–H and O–H groups in total. The Morgan fingerprint density at radius 2 is 2.06 bits per heavy atom. The number of halogens is 1. The summed E-state index contributed by atoms with van der Waals surface area (Å²) in [6.45, 7) is 2.56. The van der Waals surface area contributed by atoms with E-state index in [0.717, 1.165) is 11.1 Å². The number of aromatic nitrogens is 1. The second-order valence-electron chi connectivity index (χ2n) is 3.80. The van der Waals surface area contributed by atoms with E-state index in [0.29, 0.717) is 6.54 Å². The number of aryl methyl sites for hydroxylation is 1. The first kappa shape index (κ1) is 11.4. The molecule has 0 radical (unpaired) electrons. The first-order valence-electron chi connectivity index (χ1n) is 5.07. The van der Waals surface area contributed by atoms with Gasteiger partial charge in [-0.05, 0) is 58.8 Å². The summed E-state index contributed by atoms with van der Waals surface area (Å²) in [5.41, 5.74) is 2.21. The zero-order valence-corrected chi connectivity index (χ0v) is 11.1. The minimum absolute atomic E-state index is 0.0545. The summed E-state index contributed by atoms with van der Waals surface area (Å²) < 4.78 is 2.91. The summed E-state index contributed by atoms with van der Waals surface area (Å²) >= 11 is 2.27. The lowest BCUT2D eigenvalue weighted by atomic mass is 10.2. The smallest absolute Gasteiger partial charge is 0.251 e. The fraction of sp³-hybridized carbons (Fsp3) is 0.154. The lowest BCUT2D eigenvalue weighted by molar-refractivity contribution is 0.757. The van der Waals surface area contributed by atoms with Gasteiger partial charge >= 0.3 is 0 Å². The molecule has 0 saturated carbocycles. The van der Waals surface area contributed by atoms with Crippen LogP contribution in [-0.4, -0.2) is 4.57 Å². The lowest BCUT2D eigenvalue weighted by Crippen LogP contribution is -2.19. The summed E-state index contributed by atoms with van der Waals surface area (Å²) in [7, 11) is 0. The van der Waals surface area contributed by atoms with Gasteiger partial charge in [0.15, 0.2) is 0 Å². The summed E-state index contributed by atoms with van der Waals surface area (Å²) in [6, 6.07) is 11.8. The molecule has 2 aromatic rings. The molecule has 0 saturated heterocycles. The van der Waals surface area contributed by atoms with Crippen LogP contribution in [0.15, 0.2) is 47.4 Å². The van der Waals surface area contributed by atoms with Crippen molar-refractivity contribution in [2.45, 2.75) is 13.5 Å². The molecule has 16 heavy (non-hydrogen) atoms. The van der Waals surface area contributed by atoms with Crippen LogP contribution in [0.5, 0.6) is 0 Å². The van der Waals surface area contributed by atoms with E-state index in [9.17, 15) is 4.79 Å². The number of hydrogen-bond donors (Lipinski definition) is 0. The highest BCUT2D eigenvalue weighted by Gasteiger charge is 1.98. The minimum atomic E-state index is 0.0545. The molecule has 2 nitrogen and oxygen atoms in total. The Morgan fingerprint density at radius 3 is 2.75 bits per heavy atom. The van der Waals surface area contributed by atoms with Crippen LogP contribution in [0, 0.1) is 10.5 Å². The van der Waals surface area contributed by atoms with E-state index < -0.39 is 0 Å². The van der Waals surface area contributed by atoms with E-state index in [1.807, 2.05) is 37.4 Å². The molecule has 0 amide bonds. The molecular formula is C13H12INO.